The summed E-state index contributed by atoms with van der Waals surface area (Å²) in [6.45, 7) is 0.219. The molecule has 178 valence electrons. The third-order valence-electron chi connectivity index (χ3n) is 8.06. The first-order chi connectivity index (χ1) is 15.8. The van der Waals surface area contributed by atoms with Gasteiger partial charge in [-0.25, -0.2) is 0 Å². The molecule has 0 N–H and O–H groups in total. The largest absolute Gasteiger partial charge is 0.274 e. The molecule has 0 spiro atoms. The van der Waals surface area contributed by atoms with Gasteiger partial charge in [-0.05, 0) is 38.5 Å². The van der Waals surface area contributed by atoms with E-state index in [4.69, 9.17) is 23.2 Å². The summed E-state index contributed by atoms with van der Waals surface area (Å²) in [6.07, 6.45) is 10.5. The molecular formula is C24H29Cl2N3O4. The Labute approximate surface area is 203 Å². The molecule has 0 radical (unpaired) electrons. The SMILES string of the molecule is O=C1[C@H]2CC(Cl)=CC[C@H]2C(=O)N1CN(CN1C(=O)[C@H]2CC(Cl)=CC[C@H]2C1=O)C1CCCCC1. The topological polar surface area (TPSA) is 78.0 Å². The van der Waals surface area contributed by atoms with Crippen LogP contribution in [0, 0.1) is 23.7 Å². The molecular weight excluding hydrogens is 465 g/mol. The number of hydrogen-bond donors (Lipinski definition) is 0. The van der Waals surface area contributed by atoms with Gasteiger partial charge in [-0.3, -0.25) is 33.9 Å². The lowest BCUT2D eigenvalue weighted by atomic mass is 9.85. The quantitative estimate of drug-likeness (QED) is 0.547. The van der Waals surface area contributed by atoms with Gasteiger partial charge < -0.3 is 0 Å². The maximum absolute atomic E-state index is 13.1. The van der Waals surface area contributed by atoms with Crippen molar-refractivity contribution >= 4 is 46.8 Å². The van der Waals surface area contributed by atoms with Crippen molar-refractivity contribution in [3.63, 3.8) is 0 Å². The Bertz CT molecular complexity index is 876. The molecule has 0 unspecified atom stereocenters. The summed E-state index contributed by atoms with van der Waals surface area (Å²) in [7, 11) is 0. The van der Waals surface area contributed by atoms with Gasteiger partial charge in [-0.2, -0.15) is 0 Å². The predicted molar refractivity (Wildman–Crippen MR) is 122 cm³/mol. The van der Waals surface area contributed by atoms with E-state index in [0.29, 0.717) is 35.7 Å². The minimum Gasteiger partial charge on any atom is -0.274 e. The van der Waals surface area contributed by atoms with Crippen LogP contribution in [0.5, 0.6) is 0 Å². The number of halogens is 2. The van der Waals surface area contributed by atoms with Crippen LogP contribution < -0.4 is 0 Å². The summed E-state index contributed by atoms with van der Waals surface area (Å²) in [4.78, 5) is 57.2. The highest BCUT2D eigenvalue weighted by atomic mass is 35.5. The summed E-state index contributed by atoms with van der Waals surface area (Å²) in [5, 5.41) is 1.26. The normalized spacial score (nSPS) is 32.9. The van der Waals surface area contributed by atoms with Crippen LogP contribution in [-0.4, -0.2) is 57.7 Å². The monoisotopic (exact) mass is 493 g/mol. The van der Waals surface area contributed by atoms with E-state index in [2.05, 4.69) is 0 Å². The predicted octanol–water partition coefficient (Wildman–Crippen LogP) is 3.57. The fraction of sp³-hybridized carbons (Fsp3) is 0.667. The highest BCUT2D eigenvalue weighted by molar-refractivity contribution is 6.30. The van der Waals surface area contributed by atoms with Crippen LogP contribution >= 0.6 is 23.2 Å². The van der Waals surface area contributed by atoms with E-state index in [1.165, 1.54) is 9.80 Å². The van der Waals surface area contributed by atoms with Gasteiger partial charge in [0.2, 0.25) is 23.6 Å². The minimum absolute atomic E-state index is 0.109. The van der Waals surface area contributed by atoms with Crippen molar-refractivity contribution in [2.24, 2.45) is 23.7 Å². The third kappa shape index (κ3) is 4.17. The molecule has 0 aromatic rings. The summed E-state index contributed by atoms with van der Waals surface area (Å²) in [5.74, 6) is -2.27. The molecule has 33 heavy (non-hydrogen) atoms. The standard InChI is InChI=1S/C24H29Cl2N3O4/c25-14-6-8-17-19(10-14)23(32)28(21(17)30)12-27(16-4-2-1-3-5-16)13-29-22(31)18-9-7-15(26)11-20(18)24(29)33/h6-7,16-20H,1-5,8-13H2/t17-,18-,19+,20+/m1/s1. The van der Waals surface area contributed by atoms with Crippen molar-refractivity contribution < 1.29 is 19.2 Å². The average Bonchev–Trinajstić information content (AvgIpc) is 3.18. The first-order valence-electron chi connectivity index (χ1n) is 12.0. The van der Waals surface area contributed by atoms with Gasteiger partial charge in [0.25, 0.3) is 0 Å². The molecule has 0 aromatic carbocycles. The van der Waals surface area contributed by atoms with E-state index in [9.17, 15) is 19.2 Å². The molecule has 3 fully saturated rings. The van der Waals surface area contributed by atoms with Crippen LogP contribution in [0.2, 0.25) is 0 Å². The summed E-state index contributed by atoms with van der Waals surface area (Å²) in [5.41, 5.74) is 0. The zero-order valence-corrected chi connectivity index (χ0v) is 20.1. The van der Waals surface area contributed by atoms with Gasteiger partial charge in [0, 0.05) is 16.1 Å². The van der Waals surface area contributed by atoms with Crippen molar-refractivity contribution in [1.29, 1.82) is 0 Å². The number of nitrogens with zero attached hydrogens (tertiary/aromatic N) is 3. The Kier molecular flexibility index (Phi) is 6.40. The second-order valence-electron chi connectivity index (χ2n) is 9.98. The molecule has 2 aliphatic heterocycles. The second kappa shape index (κ2) is 9.16. The van der Waals surface area contributed by atoms with Crippen molar-refractivity contribution in [2.45, 2.75) is 63.8 Å². The van der Waals surface area contributed by atoms with Gasteiger partial charge in [0.05, 0.1) is 37.0 Å². The molecule has 3 aliphatic carbocycles. The lowest BCUT2D eigenvalue weighted by Crippen LogP contribution is -2.52. The van der Waals surface area contributed by atoms with Crippen LogP contribution in [-0.2, 0) is 19.2 Å². The summed E-state index contributed by atoms with van der Waals surface area (Å²) in [6, 6.07) is 0.119. The molecule has 1 saturated carbocycles. The number of imide groups is 2. The van der Waals surface area contributed by atoms with Crippen LogP contribution in [0.15, 0.2) is 22.2 Å². The Morgan fingerprint density at radius 2 is 1.12 bits per heavy atom. The lowest BCUT2D eigenvalue weighted by molar-refractivity contribution is -0.147. The molecule has 2 saturated heterocycles. The molecule has 4 atom stereocenters. The number of carbonyl (C=O) groups excluding carboxylic acids is 4. The van der Waals surface area contributed by atoms with E-state index in [0.717, 1.165) is 32.1 Å². The zero-order chi connectivity index (χ0) is 23.3. The molecule has 5 aliphatic rings. The molecule has 9 heteroatoms. The molecule has 5 rings (SSSR count). The van der Waals surface area contributed by atoms with E-state index in [1.54, 1.807) is 0 Å². The van der Waals surface area contributed by atoms with Gasteiger partial charge in [-0.15, -0.1) is 0 Å². The van der Waals surface area contributed by atoms with Crippen molar-refractivity contribution in [1.82, 2.24) is 14.7 Å². The number of fused-ring (bicyclic) bond motifs is 2. The van der Waals surface area contributed by atoms with Gasteiger partial charge >= 0.3 is 0 Å². The first kappa shape index (κ1) is 23.1. The Morgan fingerprint density at radius 3 is 1.58 bits per heavy atom. The number of allylic oxidation sites excluding steroid dienone is 4. The number of rotatable bonds is 5. The highest BCUT2D eigenvalue weighted by Crippen LogP contribution is 2.41. The molecule has 0 aromatic heterocycles. The number of carbonyl (C=O) groups is 4. The number of amides is 4. The van der Waals surface area contributed by atoms with Gasteiger partial charge in [0.15, 0.2) is 0 Å². The van der Waals surface area contributed by atoms with Crippen LogP contribution in [0.3, 0.4) is 0 Å². The molecule has 2 heterocycles. The van der Waals surface area contributed by atoms with Crippen LogP contribution in [0.4, 0.5) is 0 Å². The second-order valence-corrected chi connectivity index (χ2v) is 11.0. The maximum Gasteiger partial charge on any atom is 0.234 e. The third-order valence-corrected chi connectivity index (χ3v) is 8.68. The fourth-order valence-corrected chi connectivity index (χ4v) is 6.67. The van der Waals surface area contributed by atoms with Crippen LogP contribution in [0.1, 0.15) is 57.8 Å². The number of likely N-dealkylation sites (tertiary alicyclic amines) is 2. The number of hydrogen-bond acceptors (Lipinski definition) is 5. The van der Waals surface area contributed by atoms with E-state index in [1.807, 2.05) is 17.1 Å². The van der Waals surface area contributed by atoms with Gasteiger partial charge in [-0.1, -0.05) is 54.6 Å². The average molecular weight is 494 g/mol. The zero-order valence-electron chi connectivity index (χ0n) is 18.6. The van der Waals surface area contributed by atoms with E-state index in [-0.39, 0.29) is 54.8 Å². The smallest absolute Gasteiger partial charge is 0.234 e. The van der Waals surface area contributed by atoms with Crippen LogP contribution in [0.25, 0.3) is 0 Å². The van der Waals surface area contributed by atoms with Gasteiger partial charge in [0.1, 0.15) is 0 Å². The van der Waals surface area contributed by atoms with Crippen molar-refractivity contribution in [3.8, 4) is 0 Å². The fourth-order valence-electron chi connectivity index (χ4n) is 6.16. The molecule has 7 nitrogen and oxygen atoms in total. The summed E-state index contributed by atoms with van der Waals surface area (Å²) >= 11 is 12.3. The minimum atomic E-state index is -0.408. The maximum atomic E-state index is 13.1. The Balaban J connectivity index is 1.35. The van der Waals surface area contributed by atoms with E-state index >= 15 is 0 Å². The van der Waals surface area contributed by atoms with E-state index < -0.39 is 11.8 Å². The first-order valence-corrected chi connectivity index (χ1v) is 12.7. The molecule has 4 amide bonds. The highest BCUT2D eigenvalue weighted by Gasteiger charge is 2.51. The van der Waals surface area contributed by atoms with Crippen molar-refractivity contribution in [3.05, 3.63) is 22.2 Å². The lowest BCUT2D eigenvalue weighted by Gasteiger charge is -2.38. The Morgan fingerprint density at radius 1 is 0.697 bits per heavy atom. The summed E-state index contributed by atoms with van der Waals surface area (Å²) < 4.78 is 0. The van der Waals surface area contributed by atoms with Crippen molar-refractivity contribution in [2.75, 3.05) is 13.3 Å². The Hall–Kier alpha value is -1.70. The molecule has 0 bridgehead atoms.